The lowest BCUT2D eigenvalue weighted by Crippen LogP contribution is -2.29. The highest BCUT2D eigenvalue weighted by Gasteiger charge is 2.44. The minimum absolute atomic E-state index is 0.215. The Morgan fingerprint density at radius 1 is 1.00 bits per heavy atom. The molecule has 0 radical (unpaired) electrons. The van der Waals surface area contributed by atoms with Crippen LogP contribution in [0.1, 0.15) is 39.7 Å². The zero-order valence-electron chi connectivity index (χ0n) is 24.9. The van der Waals surface area contributed by atoms with Crippen LogP contribution in [-0.2, 0) is 23.8 Å². The zero-order chi connectivity index (χ0) is 32.8. The maximum atomic E-state index is 13.7. The molecule has 1 unspecified atom stereocenters. The average Bonchev–Trinajstić information content (AvgIpc) is 3.61. The van der Waals surface area contributed by atoms with Gasteiger partial charge in [-0.2, -0.15) is 0 Å². The summed E-state index contributed by atoms with van der Waals surface area (Å²) >= 11 is 19.1. The lowest BCUT2D eigenvalue weighted by Gasteiger charge is -2.23. The van der Waals surface area contributed by atoms with E-state index in [1.807, 2.05) is 81.4 Å². The molecule has 2 aromatic carbocycles. The molecule has 1 amide bonds. The zero-order valence-corrected chi connectivity index (χ0v) is 29.3. The molecule has 1 aromatic heterocycles. The summed E-state index contributed by atoms with van der Waals surface area (Å²) in [5, 5.41) is 8.01. The van der Waals surface area contributed by atoms with E-state index in [4.69, 9.17) is 49.0 Å². The standard InChI is InChI=1S/C32H33Cl3IN3O6/c1-31(2,3)16-26(45-30(42)43-19-32(33,34)35)37-38-28(40)27(25-15-24(17-36)44-29(25)41)39-14-13-23(18-39)22-11-9-21(10-12-22)20-7-5-4-6-8-20/h4-14,18,24-27H,15-17,19H2,1-3H3/t24-,25+,26?,27-/m1/s1. The SMILES string of the molecule is CC(C)(C)CC(N=NC(=O)[C@@H]([C@@H]1C[C@H](CI)OC1=O)n1ccc(-c2ccc(-c3ccccc3)cc2)c1)OC(=O)OCC(Cl)(Cl)Cl. The van der Waals surface area contributed by atoms with Crippen molar-refractivity contribution in [2.45, 2.75) is 55.8 Å². The summed E-state index contributed by atoms with van der Waals surface area (Å²) in [4.78, 5) is 38.9. The second-order valence-electron chi connectivity index (χ2n) is 11.8. The van der Waals surface area contributed by atoms with Gasteiger partial charge in [0.2, 0.25) is 10.0 Å². The van der Waals surface area contributed by atoms with Crippen LogP contribution in [-0.4, -0.2) is 49.8 Å². The predicted octanol–water partition coefficient (Wildman–Crippen LogP) is 8.99. The highest BCUT2D eigenvalue weighted by molar-refractivity contribution is 14.1. The van der Waals surface area contributed by atoms with Gasteiger partial charge in [-0.3, -0.25) is 9.59 Å². The molecule has 1 aliphatic heterocycles. The third-order valence-electron chi connectivity index (χ3n) is 6.93. The molecule has 9 nitrogen and oxygen atoms in total. The monoisotopic (exact) mass is 787 g/mol. The summed E-state index contributed by atoms with van der Waals surface area (Å²) in [7, 11) is 0. The normalized spacial score (nSPS) is 18.4. The van der Waals surface area contributed by atoms with Gasteiger partial charge in [-0.15, -0.1) is 10.2 Å². The summed E-state index contributed by atoms with van der Waals surface area (Å²) in [5.41, 5.74) is 3.61. The van der Waals surface area contributed by atoms with Crippen LogP contribution in [0.4, 0.5) is 4.79 Å². The molecule has 45 heavy (non-hydrogen) atoms. The first-order valence-corrected chi connectivity index (χ1v) is 16.8. The highest BCUT2D eigenvalue weighted by atomic mass is 127. The largest absolute Gasteiger partial charge is 0.510 e. The Labute approximate surface area is 290 Å². The predicted molar refractivity (Wildman–Crippen MR) is 182 cm³/mol. The molecule has 240 valence electrons. The Morgan fingerprint density at radius 3 is 2.20 bits per heavy atom. The number of halogens is 4. The summed E-state index contributed by atoms with van der Waals surface area (Å²) < 4.78 is 16.1. The van der Waals surface area contributed by atoms with Crippen LogP contribution in [0.3, 0.4) is 0 Å². The number of hydrogen-bond donors (Lipinski definition) is 0. The molecular weight excluding hydrogens is 756 g/mol. The molecule has 13 heteroatoms. The van der Waals surface area contributed by atoms with E-state index < -0.39 is 46.6 Å². The van der Waals surface area contributed by atoms with E-state index in [2.05, 4.69) is 32.8 Å². The number of carbonyl (C=O) groups is 3. The Balaban J connectivity index is 1.58. The van der Waals surface area contributed by atoms with Gasteiger partial charge in [-0.05, 0) is 33.7 Å². The van der Waals surface area contributed by atoms with E-state index in [1.165, 1.54) is 0 Å². The smallest absolute Gasteiger partial charge is 0.461 e. The molecule has 0 N–H and O–H groups in total. The number of aromatic nitrogens is 1. The highest BCUT2D eigenvalue weighted by Crippen LogP contribution is 2.35. The summed E-state index contributed by atoms with van der Waals surface area (Å²) in [5.74, 6) is -1.96. The number of alkyl halides is 4. The minimum atomic E-state index is -1.82. The number of carbonyl (C=O) groups excluding carboxylic acids is 3. The first kappa shape index (κ1) is 35.2. The van der Waals surface area contributed by atoms with Crippen LogP contribution in [0.25, 0.3) is 22.3 Å². The van der Waals surface area contributed by atoms with E-state index in [-0.39, 0.29) is 17.9 Å². The molecule has 1 fully saturated rings. The fourth-order valence-electron chi connectivity index (χ4n) is 4.88. The molecule has 0 bridgehead atoms. The van der Waals surface area contributed by atoms with Crippen molar-refractivity contribution in [2.24, 2.45) is 21.6 Å². The molecule has 2 heterocycles. The maximum Gasteiger partial charge on any atom is 0.510 e. The first-order valence-electron chi connectivity index (χ1n) is 14.2. The average molecular weight is 789 g/mol. The van der Waals surface area contributed by atoms with E-state index in [0.29, 0.717) is 10.8 Å². The Hall–Kier alpha value is -2.67. The fourth-order valence-corrected chi connectivity index (χ4v) is 5.58. The van der Waals surface area contributed by atoms with Crippen LogP contribution in [0, 0.1) is 11.3 Å². The summed E-state index contributed by atoms with van der Waals surface area (Å²) in [6.45, 7) is 5.18. The first-order chi connectivity index (χ1) is 21.2. The van der Waals surface area contributed by atoms with Gasteiger partial charge in [0, 0.05) is 29.7 Å². The maximum absolute atomic E-state index is 13.7. The van der Waals surface area contributed by atoms with Crippen molar-refractivity contribution in [1.82, 2.24) is 4.57 Å². The van der Waals surface area contributed by atoms with Gasteiger partial charge >= 0.3 is 12.1 Å². The number of rotatable bonds is 10. The van der Waals surface area contributed by atoms with Crippen LogP contribution in [0.2, 0.25) is 0 Å². The van der Waals surface area contributed by atoms with Crippen LogP contribution in [0.15, 0.2) is 83.3 Å². The molecule has 0 aliphatic carbocycles. The second-order valence-corrected chi connectivity index (χ2v) is 15.2. The second kappa shape index (κ2) is 15.3. The Morgan fingerprint density at radius 2 is 1.62 bits per heavy atom. The van der Waals surface area contributed by atoms with Crippen LogP contribution >= 0.6 is 57.4 Å². The number of benzene rings is 2. The molecule has 0 spiro atoms. The topological polar surface area (TPSA) is 109 Å². The lowest BCUT2D eigenvalue weighted by molar-refractivity contribution is -0.146. The van der Waals surface area contributed by atoms with Crippen molar-refractivity contribution >= 4 is 75.4 Å². The fraction of sp³-hybridized carbons (Fsp3) is 0.406. The molecule has 4 atom stereocenters. The van der Waals surface area contributed by atoms with Gasteiger partial charge in [-0.1, -0.05) is 133 Å². The van der Waals surface area contributed by atoms with Crippen molar-refractivity contribution in [3.05, 3.63) is 73.1 Å². The number of esters is 1. The van der Waals surface area contributed by atoms with Gasteiger partial charge in [0.15, 0.2) is 0 Å². The van der Waals surface area contributed by atoms with E-state index in [9.17, 15) is 14.4 Å². The molecular formula is C32H33Cl3IN3O6. The van der Waals surface area contributed by atoms with E-state index >= 15 is 0 Å². The molecule has 1 aliphatic rings. The molecule has 3 aromatic rings. The van der Waals surface area contributed by atoms with Gasteiger partial charge in [0.25, 0.3) is 5.91 Å². The van der Waals surface area contributed by atoms with Gasteiger partial charge < -0.3 is 18.8 Å². The van der Waals surface area contributed by atoms with Crippen molar-refractivity contribution in [1.29, 1.82) is 0 Å². The lowest BCUT2D eigenvalue weighted by atomic mass is 9.91. The van der Waals surface area contributed by atoms with Crippen molar-refractivity contribution < 1.29 is 28.6 Å². The van der Waals surface area contributed by atoms with Crippen molar-refractivity contribution in [3.63, 3.8) is 0 Å². The molecule has 0 saturated carbocycles. The third-order valence-corrected chi connectivity index (χ3v) is 8.24. The number of ether oxygens (including phenoxy) is 3. The summed E-state index contributed by atoms with van der Waals surface area (Å²) in [6, 6.07) is 19.0. The van der Waals surface area contributed by atoms with Crippen molar-refractivity contribution in [2.75, 3.05) is 11.0 Å². The summed E-state index contributed by atoms with van der Waals surface area (Å²) in [6.07, 6.45) is 1.48. The van der Waals surface area contributed by atoms with Gasteiger partial charge in [0.1, 0.15) is 18.8 Å². The quantitative estimate of drug-likeness (QED) is 0.0879. The van der Waals surface area contributed by atoms with E-state index in [0.717, 1.165) is 22.3 Å². The molecule has 1 saturated heterocycles. The number of azo groups is 1. The number of nitrogens with zero attached hydrogens (tertiary/aromatic N) is 3. The Kier molecular flexibility index (Phi) is 11.9. The van der Waals surface area contributed by atoms with Gasteiger partial charge in [-0.25, -0.2) is 4.79 Å². The Bertz CT molecular complexity index is 1500. The van der Waals surface area contributed by atoms with Crippen molar-refractivity contribution in [3.8, 4) is 22.3 Å². The van der Waals surface area contributed by atoms with Gasteiger partial charge in [0.05, 0.1) is 5.92 Å². The molecule has 4 rings (SSSR count). The number of cyclic esters (lactones) is 1. The van der Waals surface area contributed by atoms with Crippen LogP contribution in [0.5, 0.6) is 0 Å². The van der Waals surface area contributed by atoms with Crippen LogP contribution < -0.4 is 0 Å². The number of hydrogen-bond acceptors (Lipinski definition) is 7. The minimum Gasteiger partial charge on any atom is -0.461 e. The third kappa shape index (κ3) is 10.4. The number of amides is 1. The van der Waals surface area contributed by atoms with E-state index in [1.54, 1.807) is 17.0 Å².